The SMILES string of the molecule is CNc1nc(C)c([N+](=O)[O-])c(NCC2(C(C)C)CC2)n1. The van der Waals surface area contributed by atoms with Crippen LogP contribution in [0.4, 0.5) is 17.5 Å². The van der Waals surface area contributed by atoms with Crippen LogP contribution in [0.1, 0.15) is 32.4 Å². The minimum absolute atomic E-state index is 0.0384. The number of nitrogens with zero attached hydrogens (tertiary/aromatic N) is 3. The molecule has 110 valence electrons. The topological polar surface area (TPSA) is 93.0 Å². The molecule has 1 saturated carbocycles. The van der Waals surface area contributed by atoms with E-state index >= 15 is 0 Å². The lowest BCUT2D eigenvalue weighted by atomic mass is 9.92. The van der Waals surface area contributed by atoms with Crippen molar-refractivity contribution in [3.63, 3.8) is 0 Å². The van der Waals surface area contributed by atoms with Crippen LogP contribution in [0.25, 0.3) is 0 Å². The molecule has 0 radical (unpaired) electrons. The molecule has 2 rings (SSSR count). The first-order valence-corrected chi connectivity index (χ1v) is 6.84. The van der Waals surface area contributed by atoms with Gasteiger partial charge < -0.3 is 10.6 Å². The second-order valence-corrected chi connectivity index (χ2v) is 5.71. The summed E-state index contributed by atoms with van der Waals surface area (Å²) in [5.74, 6) is 1.25. The van der Waals surface area contributed by atoms with E-state index in [2.05, 4.69) is 34.4 Å². The Bertz CT molecular complexity index is 526. The van der Waals surface area contributed by atoms with Gasteiger partial charge in [-0.05, 0) is 31.1 Å². The number of anilines is 2. The fraction of sp³-hybridized carbons (Fsp3) is 0.692. The molecule has 7 nitrogen and oxygen atoms in total. The van der Waals surface area contributed by atoms with Crippen LogP contribution in [0, 0.1) is 28.4 Å². The zero-order chi connectivity index (χ0) is 14.9. The van der Waals surface area contributed by atoms with Gasteiger partial charge in [-0.2, -0.15) is 4.98 Å². The highest BCUT2D eigenvalue weighted by Crippen LogP contribution is 2.51. The summed E-state index contributed by atoms with van der Waals surface area (Å²) in [6.45, 7) is 6.72. The van der Waals surface area contributed by atoms with Crippen LogP contribution in [0.5, 0.6) is 0 Å². The minimum atomic E-state index is -0.425. The molecule has 7 heteroatoms. The van der Waals surface area contributed by atoms with Crippen LogP contribution < -0.4 is 10.6 Å². The molecule has 1 fully saturated rings. The third-order valence-electron chi connectivity index (χ3n) is 4.19. The fourth-order valence-electron chi connectivity index (χ4n) is 2.40. The number of aryl methyl sites for hydroxylation is 1. The number of rotatable bonds is 6. The largest absolute Gasteiger partial charge is 0.364 e. The zero-order valence-electron chi connectivity index (χ0n) is 12.4. The molecule has 1 aliphatic carbocycles. The Hall–Kier alpha value is -1.92. The Morgan fingerprint density at radius 2 is 2.05 bits per heavy atom. The number of hydrogen-bond donors (Lipinski definition) is 2. The molecule has 2 N–H and O–H groups in total. The van der Waals surface area contributed by atoms with E-state index in [1.807, 2.05) is 0 Å². The van der Waals surface area contributed by atoms with Gasteiger partial charge in [0.1, 0.15) is 5.69 Å². The number of aromatic nitrogens is 2. The van der Waals surface area contributed by atoms with Crippen LogP contribution in [0.2, 0.25) is 0 Å². The molecule has 0 spiro atoms. The fourth-order valence-corrected chi connectivity index (χ4v) is 2.40. The normalized spacial score (nSPS) is 16.1. The number of hydrogen-bond acceptors (Lipinski definition) is 6. The summed E-state index contributed by atoms with van der Waals surface area (Å²) < 4.78 is 0. The van der Waals surface area contributed by atoms with E-state index < -0.39 is 4.92 Å². The highest BCUT2D eigenvalue weighted by molar-refractivity contribution is 5.60. The van der Waals surface area contributed by atoms with Gasteiger partial charge in [0, 0.05) is 13.6 Å². The second kappa shape index (κ2) is 5.22. The van der Waals surface area contributed by atoms with Crippen LogP contribution >= 0.6 is 0 Å². The van der Waals surface area contributed by atoms with Crippen LogP contribution in [0.3, 0.4) is 0 Å². The molecule has 1 heterocycles. The molecule has 0 bridgehead atoms. The summed E-state index contributed by atoms with van der Waals surface area (Å²) in [4.78, 5) is 19.0. The smallest absolute Gasteiger partial charge is 0.332 e. The quantitative estimate of drug-likeness (QED) is 0.614. The Kier molecular flexibility index (Phi) is 3.78. The Morgan fingerprint density at radius 3 is 2.50 bits per heavy atom. The molecular weight excluding hydrogens is 258 g/mol. The van der Waals surface area contributed by atoms with E-state index in [0.29, 0.717) is 29.9 Å². The van der Waals surface area contributed by atoms with E-state index in [1.165, 1.54) is 0 Å². The van der Waals surface area contributed by atoms with E-state index in [4.69, 9.17) is 0 Å². The van der Waals surface area contributed by atoms with E-state index in [0.717, 1.165) is 12.8 Å². The molecule has 1 aromatic rings. The van der Waals surface area contributed by atoms with Crippen molar-refractivity contribution in [1.82, 2.24) is 9.97 Å². The predicted octanol–water partition coefficient (Wildman–Crippen LogP) is 2.58. The van der Waals surface area contributed by atoms with Crippen LogP contribution in [-0.4, -0.2) is 28.5 Å². The lowest BCUT2D eigenvalue weighted by molar-refractivity contribution is -0.385. The van der Waals surface area contributed by atoms with Crippen molar-refractivity contribution in [2.24, 2.45) is 11.3 Å². The summed E-state index contributed by atoms with van der Waals surface area (Å²) in [6, 6.07) is 0. The van der Waals surface area contributed by atoms with Gasteiger partial charge in [0.25, 0.3) is 0 Å². The lowest BCUT2D eigenvalue weighted by Crippen LogP contribution is -2.22. The standard InChI is InChI=1S/C13H21N5O2/c1-8(2)13(5-6-13)7-15-11-10(18(19)20)9(3)16-12(14-4)17-11/h8H,5-7H2,1-4H3,(H2,14,15,16,17). The van der Waals surface area contributed by atoms with Gasteiger partial charge in [0.2, 0.25) is 11.8 Å². The summed E-state index contributed by atoms with van der Waals surface area (Å²) in [7, 11) is 1.70. The third kappa shape index (κ3) is 2.66. The highest BCUT2D eigenvalue weighted by atomic mass is 16.6. The predicted molar refractivity (Wildman–Crippen MR) is 78.0 cm³/mol. The van der Waals surface area contributed by atoms with Crippen LogP contribution in [0.15, 0.2) is 0 Å². The second-order valence-electron chi connectivity index (χ2n) is 5.71. The lowest BCUT2D eigenvalue weighted by Gasteiger charge is -2.20. The molecule has 1 aliphatic rings. The molecule has 0 saturated heterocycles. The van der Waals surface area contributed by atoms with Gasteiger partial charge >= 0.3 is 5.69 Å². The number of nitro groups is 1. The van der Waals surface area contributed by atoms with Crippen LogP contribution in [-0.2, 0) is 0 Å². The molecule has 0 unspecified atom stereocenters. The van der Waals surface area contributed by atoms with Crippen molar-refractivity contribution in [2.75, 3.05) is 24.2 Å². The maximum atomic E-state index is 11.2. The van der Waals surface area contributed by atoms with Crippen molar-refractivity contribution in [2.45, 2.75) is 33.6 Å². The monoisotopic (exact) mass is 279 g/mol. The van der Waals surface area contributed by atoms with Gasteiger partial charge in [-0.25, -0.2) is 4.98 Å². The first-order valence-electron chi connectivity index (χ1n) is 6.84. The summed E-state index contributed by atoms with van der Waals surface area (Å²) in [5, 5.41) is 17.2. The zero-order valence-corrected chi connectivity index (χ0v) is 12.4. The number of nitrogens with one attached hydrogen (secondary N) is 2. The highest BCUT2D eigenvalue weighted by Gasteiger charge is 2.45. The van der Waals surface area contributed by atoms with Gasteiger partial charge in [-0.3, -0.25) is 10.1 Å². The summed E-state index contributed by atoms with van der Waals surface area (Å²) in [6.07, 6.45) is 2.32. The molecule has 20 heavy (non-hydrogen) atoms. The van der Waals surface area contributed by atoms with Crippen molar-refractivity contribution in [1.29, 1.82) is 0 Å². The average Bonchev–Trinajstić information content (AvgIpc) is 3.16. The summed E-state index contributed by atoms with van der Waals surface area (Å²) in [5.41, 5.74) is 0.585. The van der Waals surface area contributed by atoms with Crippen molar-refractivity contribution < 1.29 is 4.92 Å². The van der Waals surface area contributed by atoms with E-state index in [9.17, 15) is 10.1 Å². The van der Waals surface area contributed by atoms with Gasteiger partial charge in [0.15, 0.2) is 0 Å². The first-order chi connectivity index (χ1) is 9.39. The Balaban J connectivity index is 2.25. The van der Waals surface area contributed by atoms with Crippen molar-refractivity contribution >= 4 is 17.5 Å². The van der Waals surface area contributed by atoms with Gasteiger partial charge in [-0.15, -0.1) is 0 Å². The Morgan fingerprint density at radius 1 is 1.40 bits per heavy atom. The third-order valence-corrected chi connectivity index (χ3v) is 4.19. The average molecular weight is 279 g/mol. The first kappa shape index (κ1) is 14.5. The van der Waals surface area contributed by atoms with E-state index in [-0.39, 0.29) is 11.1 Å². The van der Waals surface area contributed by atoms with Crippen molar-refractivity contribution in [3.05, 3.63) is 15.8 Å². The van der Waals surface area contributed by atoms with Gasteiger partial charge in [-0.1, -0.05) is 13.8 Å². The molecule has 0 aliphatic heterocycles. The van der Waals surface area contributed by atoms with E-state index in [1.54, 1.807) is 14.0 Å². The Labute approximate surface area is 118 Å². The molecular formula is C13H21N5O2. The van der Waals surface area contributed by atoms with Gasteiger partial charge in [0.05, 0.1) is 4.92 Å². The molecule has 0 amide bonds. The maximum absolute atomic E-state index is 11.2. The molecule has 1 aromatic heterocycles. The summed E-state index contributed by atoms with van der Waals surface area (Å²) >= 11 is 0. The van der Waals surface area contributed by atoms with Crippen molar-refractivity contribution in [3.8, 4) is 0 Å². The molecule has 0 atom stereocenters. The maximum Gasteiger partial charge on any atom is 0.332 e. The molecule has 0 aromatic carbocycles. The minimum Gasteiger partial charge on any atom is -0.364 e.